The number of nitrogens with one attached hydrogen (secondary N) is 2. The molecule has 2 rings (SSSR count). The van der Waals surface area contributed by atoms with Gasteiger partial charge in [0.2, 0.25) is 5.91 Å². The summed E-state index contributed by atoms with van der Waals surface area (Å²) in [4.78, 5) is 34.8. The lowest BCUT2D eigenvalue weighted by atomic mass is 9.97. The first kappa shape index (κ1) is 18.7. The number of carbonyl (C=O) groups excluding carboxylic acids is 3. The first-order chi connectivity index (χ1) is 12.0. The van der Waals surface area contributed by atoms with Gasteiger partial charge in [-0.15, -0.1) is 0 Å². The van der Waals surface area contributed by atoms with Gasteiger partial charge < -0.3 is 15.4 Å². The summed E-state index contributed by atoms with van der Waals surface area (Å²) in [5.41, 5.74) is 2.18. The van der Waals surface area contributed by atoms with E-state index in [1.807, 2.05) is 0 Å². The quantitative estimate of drug-likeness (QED) is 0.588. The van der Waals surface area contributed by atoms with E-state index >= 15 is 0 Å². The van der Waals surface area contributed by atoms with Crippen LogP contribution < -0.4 is 10.6 Å². The summed E-state index contributed by atoms with van der Waals surface area (Å²) in [6.45, 7) is 1.63. The third-order valence-corrected chi connectivity index (χ3v) is 3.91. The zero-order valence-corrected chi connectivity index (χ0v) is 14.5. The van der Waals surface area contributed by atoms with Crippen molar-refractivity contribution in [2.24, 2.45) is 0 Å². The van der Waals surface area contributed by atoms with E-state index in [-0.39, 0.29) is 24.0 Å². The highest BCUT2D eigenvalue weighted by Gasteiger charge is 2.11. The van der Waals surface area contributed by atoms with E-state index in [1.165, 1.54) is 31.4 Å². The van der Waals surface area contributed by atoms with Crippen LogP contribution in [0.15, 0.2) is 35.9 Å². The molecule has 1 aliphatic rings. The molecule has 0 unspecified atom stereocenters. The number of benzene rings is 1. The summed E-state index contributed by atoms with van der Waals surface area (Å²) in [7, 11) is 0. The van der Waals surface area contributed by atoms with Crippen LogP contribution in [0.5, 0.6) is 0 Å². The molecule has 134 valence electrons. The number of esters is 1. The Balaban J connectivity index is 1.72. The molecule has 0 bridgehead atoms. The standard InChI is InChI=1S/C19H24N2O4/c1-14(22)21-17-9-5-8-16(12-17)19(24)25-13-18(23)20-11-10-15-6-3-2-4-7-15/h5-6,8-9,12H,2-4,7,10-11,13H2,1H3,(H,20,23)(H,21,22). The van der Waals surface area contributed by atoms with E-state index in [0.717, 1.165) is 19.3 Å². The topological polar surface area (TPSA) is 84.5 Å². The highest BCUT2D eigenvalue weighted by atomic mass is 16.5. The number of allylic oxidation sites excluding steroid dienone is 1. The molecule has 1 aromatic rings. The molecule has 1 aliphatic carbocycles. The Hall–Kier alpha value is -2.63. The molecule has 0 aromatic heterocycles. The van der Waals surface area contributed by atoms with Gasteiger partial charge in [0.05, 0.1) is 5.56 Å². The van der Waals surface area contributed by atoms with Gasteiger partial charge in [-0.2, -0.15) is 0 Å². The van der Waals surface area contributed by atoms with Crippen molar-refractivity contribution in [2.45, 2.75) is 39.0 Å². The molecule has 0 aliphatic heterocycles. The molecule has 1 aromatic carbocycles. The second kappa shape index (κ2) is 9.61. The van der Waals surface area contributed by atoms with Crippen molar-refractivity contribution in [3.05, 3.63) is 41.5 Å². The second-order valence-corrected chi connectivity index (χ2v) is 6.05. The molecule has 0 spiro atoms. The Morgan fingerprint density at radius 3 is 2.76 bits per heavy atom. The average Bonchev–Trinajstić information content (AvgIpc) is 2.60. The van der Waals surface area contributed by atoms with Crippen LogP contribution in [0.2, 0.25) is 0 Å². The van der Waals surface area contributed by atoms with Gasteiger partial charge in [0.1, 0.15) is 0 Å². The molecular formula is C19H24N2O4. The first-order valence-electron chi connectivity index (χ1n) is 8.54. The summed E-state index contributed by atoms with van der Waals surface area (Å²) >= 11 is 0. The minimum atomic E-state index is -0.600. The van der Waals surface area contributed by atoms with Gasteiger partial charge in [0, 0.05) is 19.2 Å². The highest BCUT2D eigenvalue weighted by molar-refractivity contribution is 5.94. The number of carbonyl (C=O) groups is 3. The van der Waals surface area contributed by atoms with Gasteiger partial charge in [-0.05, 0) is 50.3 Å². The normalized spacial score (nSPS) is 13.6. The largest absolute Gasteiger partial charge is 0.452 e. The maximum Gasteiger partial charge on any atom is 0.338 e. The molecule has 25 heavy (non-hydrogen) atoms. The van der Waals surface area contributed by atoms with Crippen LogP contribution >= 0.6 is 0 Å². The van der Waals surface area contributed by atoms with E-state index < -0.39 is 5.97 Å². The molecule has 0 saturated carbocycles. The molecule has 6 heteroatoms. The molecule has 0 heterocycles. The van der Waals surface area contributed by atoms with Crippen LogP contribution in [0.1, 0.15) is 49.4 Å². The molecule has 6 nitrogen and oxygen atoms in total. The number of hydrogen-bond donors (Lipinski definition) is 2. The van der Waals surface area contributed by atoms with Crippen molar-refractivity contribution in [2.75, 3.05) is 18.5 Å². The van der Waals surface area contributed by atoms with Crippen molar-refractivity contribution in [1.82, 2.24) is 5.32 Å². The lowest BCUT2D eigenvalue weighted by molar-refractivity contribution is -0.124. The van der Waals surface area contributed by atoms with Crippen molar-refractivity contribution in [1.29, 1.82) is 0 Å². The molecule has 0 saturated heterocycles. The van der Waals surface area contributed by atoms with Crippen LogP contribution in [0.25, 0.3) is 0 Å². The zero-order valence-electron chi connectivity index (χ0n) is 14.5. The molecule has 2 amide bonds. The number of hydrogen-bond acceptors (Lipinski definition) is 4. The van der Waals surface area contributed by atoms with E-state index in [2.05, 4.69) is 16.7 Å². The van der Waals surface area contributed by atoms with Crippen LogP contribution in [0.3, 0.4) is 0 Å². The Bertz CT molecular complexity index is 667. The number of rotatable bonds is 7. The van der Waals surface area contributed by atoms with Crippen molar-refractivity contribution in [3.63, 3.8) is 0 Å². The fraction of sp³-hybridized carbons (Fsp3) is 0.421. The maximum absolute atomic E-state index is 12.0. The Morgan fingerprint density at radius 2 is 2.04 bits per heavy atom. The first-order valence-corrected chi connectivity index (χ1v) is 8.54. The Kier molecular flexibility index (Phi) is 7.19. The lowest BCUT2D eigenvalue weighted by Crippen LogP contribution is -2.29. The zero-order chi connectivity index (χ0) is 18.1. The summed E-state index contributed by atoms with van der Waals surface area (Å²) in [6, 6.07) is 6.39. The molecule has 0 atom stereocenters. The Morgan fingerprint density at radius 1 is 1.20 bits per heavy atom. The van der Waals surface area contributed by atoms with E-state index in [0.29, 0.717) is 12.2 Å². The van der Waals surface area contributed by atoms with E-state index in [9.17, 15) is 14.4 Å². The minimum Gasteiger partial charge on any atom is -0.452 e. The fourth-order valence-corrected chi connectivity index (χ4v) is 2.69. The lowest BCUT2D eigenvalue weighted by Gasteiger charge is -2.13. The van der Waals surface area contributed by atoms with E-state index in [4.69, 9.17) is 4.74 Å². The van der Waals surface area contributed by atoms with Gasteiger partial charge >= 0.3 is 5.97 Å². The van der Waals surface area contributed by atoms with Crippen molar-refractivity contribution < 1.29 is 19.1 Å². The monoisotopic (exact) mass is 344 g/mol. The predicted molar refractivity (Wildman–Crippen MR) is 95.2 cm³/mol. The summed E-state index contributed by atoms with van der Waals surface area (Å²) in [6.07, 6.45) is 7.79. The fourth-order valence-electron chi connectivity index (χ4n) is 2.69. The Labute approximate surface area is 147 Å². The van der Waals surface area contributed by atoms with Gasteiger partial charge in [0.15, 0.2) is 6.61 Å². The van der Waals surface area contributed by atoms with Crippen LogP contribution in [0.4, 0.5) is 5.69 Å². The van der Waals surface area contributed by atoms with Crippen LogP contribution in [-0.4, -0.2) is 30.9 Å². The second-order valence-electron chi connectivity index (χ2n) is 6.05. The van der Waals surface area contributed by atoms with Crippen LogP contribution in [-0.2, 0) is 14.3 Å². The molecule has 2 N–H and O–H groups in total. The summed E-state index contributed by atoms with van der Waals surface area (Å²) in [5, 5.41) is 5.35. The minimum absolute atomic E-state index is 0.224. The predicted octanol–water partition coefficient (Wildman–Crippen LogP) is 2.81. The molecule has 0 fully saturated rings. The average molecular weight is 344 g/mol. The number of anilines is 1. The number of ether oxygens (including phenoxy) is 1. The third kappa shape index (κ3) is 6.79. The van der Waals surface area contributed by atoms with Crippen molar-refractivity contribution in [3.8, 4) is 0 Å². The van der Waals surface area contributed by atoms with Gasteiger partial charge in [0.25, 0.3) is 5.91 Å². The molecule has 0 radical (unpaired) electrons. The third-order valence-electron chi connectivity index (χ3n) is 3.91. The van der Waals surface area contributed by atoms with Gasteiger partial charge in [-0.25, -0.2) is 4.79 Å². The SMILES string of the molecule is CC(=O)Nc1cccc(C(=O)OCC(=O)NCCC2=CCCCC2)c1. The van der Waals surface area contributed by atoms with Crippen LogP contribution in [0, 0.1) is 0 Å². The maximum atomic E-state index is 12.0. The van der Waals surface area contributed by atoms with Gasteiger partial charge in [-0.1, -0.05) is 17.7 Å². The molecular weight excluding hydrogens is 320 g/mol. The van der Waals surface area contributed by atoms with Gasteiger partial charge in [-0.3, -0.25) is 9.59 Å². The van der Waals surface area contributed by atoms with E-state index in [1.54, 1.807) is 18.2 Å². The summed E-state index contributed by atoms with van der Waals surface area (Å²) in [5.74, 6) is -1.14. The smallest absolute Gasteiger partial charge is 0.338 e. The number of amides is 2. The highest BCUT2D eigenvalue weighted by Crippen LogP contribution is 2.19. The summed E-state index contributed by atoms with van der Waals surface area (Å²) < 4.78 is 5.01. The van der Waals surface area contributed by atoms with Crippen molar-refractivity contribution >= 4 is 23.5 Å².